The summed E-state index contributed by atoms with van der Waals surface area (Å²) in [5.41, 5.74) is 1.38. The van der Waals surface area contributed by atoms with Crippen LogP contribution in [0.4, 0.5) is 10.2 Å². The fourth-order valence-corrected chi connectivity index (χ4v) is 4.04. The van der Waals surface area contributed by atoms with Crippen LogP contribution in [0, 0.1) is 11.7 Å². The molecule has 0 bridgehead atoms. The van der Waals surface area contributed by atoms with Crippen molar-refractivity contribution in [2.75, 3.05) is 4.72 Å². The first-order chi connectivity index (χ1) is 13.2. The SMILES string of the molecule is CC(C)Cc1ccc(S(=O)(=O)Nc2ccn(Cc3c(F)cccc3Cl)n2)cc1. The monoisotopic (exact) mass is 421 g/mol. The smallest absolute Gasteiger partial charge is 0.263 e. The van der Waals surface area contributed by atoms with Gasteiger partial charge in [0, 0.05) is 22.8 Å². The molecule has 0 aliphatic heterocycles. The Balaban J connectivity index is 1.73. The number of anilines is 1. The van der Waals surface area contributed by atoms with Crippen LogP contribution < -0.4 is 4.72 Å². The topological polar surface area (TPSA) is 64.0 Å². The lowest BCUT2D eigenvalue weighted by atomic mass is 10.0. The summed E-state index contributed by atoms with van der Waals surface area (Å²) in [5.74, 6) is 0.206. The van der Waals surface area contributed by atoms with E-state index in [1.807, 2.05) is 12.1 Å². The zero-order valence-electron chi connectivity index (χ0n) is 15.6. The van der Waals surface area contributed by atoms with Gasteiger partial charge >= 0.3 is 0 Å². The van der Waals surface area contributed by atoms with Crippen LogP contribution in [0.3, 0.4) is 0 Å². The number of hydrogen-bond donors (Lipinski definition) is 1. The normalized spacial score (nSPS) is 11.8. The fraction of sp³-hybridized carbons (Fsp3) is 0.250. The van der Waals surface area contributed by atoms with E-state index in [9.17, 15) is 12.8 Å². The van der Waals surface area contributed by atoms with Crippen molar-refractivity contribution in [3.8, 4) is 0 Å². The van der Waals surface area contributed by atoms with Crippen LogP contribution in [0.2, 0.25) is 5.02 Å². The second-order valence-corrected chi connectivity index (χ2v) is 9.04. The number of aromatic nitrogens is 2. The van der Waals surface area contributed by atoms with E-state index in [2.05, 4.69) is 23.7 Å². The molecule has 0 unspecified atom stereocenters. The van der Waals surface area contributed by atoms with E-state index >= 15 is 0 Å². The highest BCUT2D eigenvalue weighted by Crippen LogP contribution is 2.21. The lowest BCUT2D eigenvalue weighted by molar-refractivity contribution is 0.585. The van der Waals surface area contributed by atoms with Gasteiger partial charge in [-0.3, -0.25) is 9.40 Å². The first kappa shape index (κ1) is 20.4. The van der Waals surface area contributed by atoms with Crippen molar-refractivity contribution in [2.24, 2.45) is 5.92 Å². The van der Waals surface area contributed by atoms with Gasteiger partial charge in [-0.15, -0.1) is 0 Å². The molecule has 0 saturated carbocycles. The van der Waals surface area contributed by atoms with Crippen LogP contribution in [0.15, 0.2) is 59.6 Å². The highest BCUT2D eigenvalue weighted by atomic mass is 35.5. The minimum atomic E-state index is -3.76. The molecule has 3 aromatic rings. The summed E-state index contributed by atoms with van der Waals surface area (Å²) in [7, 11) is -3.76. The molecule has 1 aromatic heterocycles. The lowest BCUT2D eigenvalue weighted by Gasteiger charge is -2.08. The zero-order valence-corrected chi connectivity index (χ0v) is 17.1. The molecule has 1 heterocycles. The second-order valence-electron chi connectivity index (χ2n) is 6.95. The summed E-state index contributed by atoms with van der Waals surface area (Å²) >= 11 is 6.02. The van der Waals surface area contributed by atoms with Crippen LogP contribution >= 0.6 is 11.6 Å². The maximum Gasteiger partial charge on any atom is 0.263 e. The number of sulfonamides is 1. The first-order valence-electron chi connectivity index (χ1n) is 8.83. The molecule has 0 amide bonds. The number of halogens is 2. The number of nitrogens with zero attached hydrogens (tertiary/aromatic N) is 2. The number of benzene rings is 2. The molecule has 148 valence electrons. The molecule has 28 heavy (non-hydrogen) atoms. The third-order valence-corrected chi connectivity index (χ3v) is 5.86. The Bertz CT molecular complexity index is 1040. The molecule has 2 aromatic carbocycles. The van der Waals surface area contributed by atoms with E-state index in [1.54, 1.807) is 24.4 Å². The molecule has 0 aliphatic carbocycles. The fourth-order valence-electron chi connectivity index (χ4n) is 2.82. The molecular formula is C20H21ClFN3O2S. The van der Waals surface area contributed by atoms with Gasteiger partial charge in [0.15, 0.2) is 5.82 Å². The Labute approximate surface area is 169 Å². The first-order valence-corrected chi connectivity index (χ1v) is 10.7. The zero-order chi connectivity index (χ0) is 20.3. The van der Waals surface area contributed by atoms with E-state index in [-0.39, 0.29) is 17.3 Å². The van der Waals surface area contributed by atoms with Gasteiger partial charge in [-0.2, -0.15) is 5.10 Å². The van der Waals surface area contributed by atoms with Crippen molar-refractivity contribution in [1.82, 2.24) is 9.78 Å². The minimum Gasteiger partial charge on any atom is -0.266 e. The Morgan fingerprint density at radius 2 is 1.86 bits per heavy atom. The third kappa shape index (κ3) is 4.91. The summed E-state index contributed by atoms with van der Waals surface area (Å²) in [4.78, 5) is 0.159. The van der Waals surface area contributed by atoms with Gasteiger partial charge in [0.05, 0.1) is 11.4 Å². The van der Waals surface area contributed by atoms with E-state index in [4.69, 9.17) is 11.6 Å². The summed E-state index contributed by atoms with van der Waals surface area (Å²) in [6.45, 7) is 4.31. The summed E-state index contributed by atoms with van der Waals surface area (Å²) in [5, 5.41) is 4.45. The van der Waals surface area contributed by atoms with Gasteiger partial charge in [-0.1, -0.05) is 43.6 Å². The van der Waals surface area contributed by atoms with Crippen molar-refractivity contribution >= 4 is 27.4 Å². The molecule has 0 radical (unpaired) electrons. The number of nitrogens with one attached hydrogen (secondary N) is 1. The van der Waals surface area contributed by atoms with Gasteiger partial charge in [-0.25, -0.2) is 12.8 Å². The maximum atomic E-state index is 13.9. The molecule has 0 atom stereocenters. The Morgan fingerprint density at radius 3 is 2.50 bits per heavy atom. The molecule has 5 nitrogen and oxygen atoms in total. The van der Waals surface area contributed by atoms with E-state index in [0.29, 0.717) is 16.5 Å². The van der Waals surface area contributed by atoms with Gasteiger partial charge in [-0.05, 0) is 42.2 Å². The summed E-state index contributed by atoms with van der Waals surface area (Å²) in [6, 6.07) is 12.7. The highest BCUT2D eigenvalue weighted by molar-refractivity contribution is 7.92. The Hall–Kier alpha value is -2.38. The molecule has 1 N–H and O–H groups in total. The maximum absolute atomic E-state index is 13.9. The molecular weight excluding hydrogens is 401 g/mol. The molecule has 0 saturated heterocycles. The van der Waals surface area contributed by atoms with Crippen LogP contribution in [0.1, 0.15) is 25.0 Å². The van der Waals surface area contributed by atoms with Gasteiger partial charge in [0.1, 0.15) is 5.82 Å². The molecule has 0 aliphatic rings. The Kier molecular flexibility index (Phi) is 6.05. The minimum absolute atomic E-state index is 0.0944. The summed E-state index contributed by atoms with van der Waals surface area (Å²) in [6.07, 6.45) is 2.45. The average Bonchev–Trinajstić information content (AvgIpc) is 3.04. The van der Waals surface area contributed by atoms with E-state index in [1.165, 1.54) is 22.9 Å². The van der Waals surface area contributed by atoms with Crippen LogP contribution in [0.25, 0.3) is 0 Å². The molecule has 8 heteroatoms. The van der Waals surface area contributed by atoms with Crippen molar-refractivity contribution in [3.05, 3.63) is 76.7 Å². The second kappa shape index (κ2) is 8.32. The van der Waals surface area contributed by atoms with Crippen LogP contribution in [0.5, 0.6) is 0 Å². The van der Waals surface area contributed by atoms with Crippen LogP contribution in [-0.2, 0) is 23.0 Å². The molecule has 0 spiro atoms. The van der Waals surface area contributed by atoms with Crippen molar-refractivity contribution in [1.29, 1.82) is 0 Å². The third-order valence-electron chi connectivity index (χ3n) is 4.14. The number of hydrogen-bond acceptors (Lipinski definition) is 3. The van der Waals surface area contributed by atoms with Crippen LogP contribution in [-0.4, -0.2) is 18.2 Å². The predicted molar refractivity (Wildman–Crippen MR) is 109 cm³/mol. The largest absolute Gasteiger partial charge is 0.266 e. The van der Waals surface area contributed by atoms with Crippen molar-refractivity contribution < 1.29 is 12.8 Å². The van der Waals surface area contributed by atoms with Gasteiger partial charge in [0.2, 0.25) is 0 Å². The van der Waals surface area contributed by atoms with Gasteiger partial charge < -0.3 is 0 Å². The average molecular weight is 422 g/mol. The standard InChI is InChI=1S/C20H21ClFN3O2S/c1-14(2)12-15-6-8-16(9-7-15)28(26,27)24-20-10-11-25(23-20)13-17-18(21)4-3-5-19(17)22/h3-11,14H,12-13H2,1-2H3,(H,23,24). The predicted octanol–water partition coefficient (Wildman–Crippen LogP) is 4.72. The lowest BCUT2D eigenvalue weighted by Crippen LogP contribution is -2.14. The summed E-state index contributed by atoms with van der Waals surface area (Å²) < 4.78 is 42.9. The van der Waals surface area contributed by atoms with E-state index < -0.39 is 15.8 Å². The number of rotatable bonds is 7. The Morgan fingerprint density at radius 1 is 1.14 bits per heavy atom. The molecule has 3 rings (SSSR count). The van der Waals surface area contributed by atoms with Crippen molar-refractivity contribution in [2.45, 2.75) is 31.7 Å². The van der Waals surface area contributed by atoms with E-state index in [0.717, 1.165) is 12.0 Å². The van der Waals surface area contributed by atoms with Gasteiger partial charge in [0.25, 0.3) is 10.0 Å². The molecule has 0 fully saturated rings. The highest BCUT2D eigenvalue weighted by Gasteiger charge is 2.16. The quantitative estimate of drug-likeness (QED) is 0.600. The van der Waals surface area contributed by atoms with Crippen molar-refractivity contribution in [3.63, 3.8) is 0 Å².